The second-order valence-electron chi connectivity index (χ2n) is 4.60. The van der Waals surface area contributed by atoms with Gasteiger partial charge in [0.2, 0.25) is 0 Å². The number of aromatic nitrogens is 4. The third-order valence-corrected chi connectivity index (χ3v) is 2.92. The van der Waals surface area contributed by atoms with Crippen molar-refractivity contribution in [3.05, 3.63) is 41.9 Å². The van der Waals surface area contributed by atoms with E-state index in [1.165, 1.54) is 0 Å². The van der Waals surface area contributed by atoms with E-state index in [4.69, 9.17) is 16.3 Å². The van der Waals surface area contributed by atoms with Crippen LogP contribution in [0.15, 0.2) is 36.8 Å². The van der Waals surface area contributed by atoms with Crippen molar-refractivity contribution in [2.45, 2.75) is 20.0 Å². The Bertz CT molecular complexity index is 754. The first-order valence-corrected chi connectivity index (χ1v) is 6.64. The molecule has 0 spiro atoms. The summed E-state index contributed by atoms with van der Waals surface area (Å²) in [5.41, 5.74) is 1.57. The minimum atomic E-state index is 0.128. The van der Waals surface area contributed by atoms with Crippen LogP contribution in [-0.4, -0.2) is 25.5 Å². The highest BCUT2D eigenvalue weighted by molar-refractivity contribution is 6.29. The average Bonchev–Trinajstić information content (AvgIpc) is 2.81. The topological polar surface area (TPSA) is 52.3 Å². The van der Waals surface area contributed by atoms with Crippen molar-refractivity contribution in [2.24, 2.45) is 0 Å². The highest BCUT2D eigenvalue weighted by Gasteiger charge is 2.10. The van der Waals surface area contributed by atoms with E-state index in [1.807, 2.05) is 36.6 Å². The quantitative estimate of drug-likeness (QED) is 0.694. The summed E-state index contributed by atoms with van der Waals surface area (Å²) in [5, 5.41) is 0.407. The summed E-state index contributed by atoms with van der Waals surface area (Å²) in [7, 11) is 0. The zero-order valence-electron chi connectivity index (χ0n) is 11.1. The van der Waals surface area contributed by atoms with Gasteiger partial charge in [0.1, 0.15) is 22.2 Å². The summed E-state index contributed by atoms with van der Waals surface area (Å²) in [4.78, 5) is 12.8. The molecule has 3 aromatic heterocycles. The molecule has 0 bridgehead atoms. The van der Waals surface area contributed by atoms with Gasteiger partial charge in [-0.3, -0.25) is 4.40 Å². The number of rotatable bonds is 3. The molecule has 0 saturated heterocycles. The van der Waals surface area contributed by atoms with E-state index in [-0.39, 0.29) is 6.10 Å². The van der Waals surface area contributed by atoms with Crippen molar-refractivity contribution < 1.29 is 4.74 Å². The SMILES string of the molecule is CC(C)Oc1ccn2c(-c3nccc(Cl)n3)cnc2c1. The molecule has 0 aromatic carbocycles. The largest absolute Gasteiger partial charge is 0.491 e. The number of pyridine rings is 1. The Hall–Kier alpha value is -2.14. The van der Waals surface area contributed by atoms with Crippen LogP contribution in [0, 0.1) is 0 Å². The molecular formula is C14H13ClN4O. The lowest BCUT2D eigenvalue weighted by Crippen LogP contribution is -2.05. The van der Waals surface area contributed by atoms with Gasteiger partial charge >= 0.3 is 0 Å². The van der Waals surface area contributed by atoms with E-state index in [9.17, 15) is 0 Å². The van der Waals surface area contributed by atoms with Crippen LogP contribution in [0.5, 0.6) is 5.75 Å². The molecule has 3 aromatic rings. The van der Waals surface area contributed by atoms with E-state index in [0.29, 0.717) is 11.0 Å². The molecule has 0 aliphatic rings. The van der Waals surface area contributed by atoms with E-state index in [2.05, 4.69) is 15.0 Å². The van der Waals surface area contributed by atoms with Gasteiger partial charge in [-0.15, -0.1) is 0 Å². The maximum absolute atomic E-state index is 5.89. The van der Waals surface area contributed by atoms with Crippen molar-refractivity contribution in [3.8, 4) is 17.3 Å². The van der Waals surface area contributed by atoms with Crippen molar-refractivity contribution in [2.75, 3.05) is 0 Å². The molecule has 20 heavy (non-hydrogen) atoms. The lowest BCUT2D eigenvalue weighted by Gasteiger charge is -2.09. The van der Waals surface area contributed by atoms with E-state index in [0.717, 1.165) is 17.1 Å². The third kappa shape index (κ3) is 2.44. The van der Waals surface area contributed by atoms with Gasteiger partial charge in [0.05, 0.1) is 12.3 Å². The first-order valence-electron chi connectivity index (χ1n) is 6.26. The van der Waals surface area contributed by atoms with Gasteiger partial charge in [0.25, 0.3) is 0 Å². The minimum Gasteiger partial charge on any atom is -0.491 e. The summed E-state index contributed by atoms with van der Waals surface area (Å²) >= 11 is 5.89. The second kappa shape index (κ2) is 5.09. The molecule has 3 rings (SSSR count). The maximum atomic E-state index is 5.89. The number of fused-ring (bicyclic) bond motifs is 1. The Balaban J connectivity index is 2.06. The first kappa shape index (κ1) is 12.9. The van der Waals surface area contributed by atoms with Crippen molar-refractivity contribution >= 4 is 17.2 Å². The van der Waals surface area contributed by atoms with E-state index in [1.54, 1.807) is 18.5 Å². The predicted molar refractivity (Wildman–Crippen MR) is 77.0 cm³/mol. The summed E-state index contributed by atoms with van der Waals surface area (Å²) < 4.78 is 7.55. The van der Waals surface area contributed by atoms with Gasteiger partial charge in [-0.2, -0.15) is 0 Å². The first-order chi connectivity index (χ1) is 9.63. The smallest absolute Gasteiger partial charge is 0.179 e. The second-order valence-corrected chi connectivity index (χ2v) is 4.99. The van der Waals surface area contributed by atoms with Crippen molar-refractivity contribution in [1.29, 1.82) is 0 Å². The number of hydrogen-bond donors (Lipinski definition) is 0. The molecule has 6 heteroatoms. The molecule has 0 fully saturated rings. The van der Waals surface area contributed by atoms with Crippen molar-refractivity contribution in [1.82, 2.24) is 19.4 Å². The van der Waals surface area contributed by atoms with Crippen LogP contribution >= 0.6 is 11.6 Å². The molecule has 0 unspecified atom stereocenters. The Morgan fingerprint density at radius 3 is 2.85 bits per heavy atom. The fraction of sp³-hybridized carbons (Fsp3) is 0.214. The van der Waals surface area contributed by atoms with Gasteiger partial charge in [-0.25, -0.2) is 15.0 Å². The molecule has 0 N–H and O–H groups in total. The highest BCUT2D eigenvalue weighted by Crippen LogP contribution is 2.21. The van der Waals surface area contributed by atoms with Gasteiger partial charge < -0.3 is 4.74 Å². The van der Waals surface area contributed by atoms with Crippen LogP contribution in [0.4, 0.5) is 0 Å². The number of nitrogens with zero attached hydrogens (tertiary/aromatic N) is 4. The number of ether oxygens (including phenoxy) is 1. The summed E-state index contributed by atoms with van der Waals surface area (Å²) in [5.74, 6) is 1.33. The Kier molecular flexibility index (Phi) is 3.28. The van der Waals surface area contributed by atoms with Crippen LogP contribution in [0.1, 0.15) is 13.8 Å². The Morgan fingerprint density at radius 2 is 2.10 bits per heavy atom. The van der Waals surface area contributed by atoms with E-state index >= 15 is 0 Å². The minimum absolute atomic E-state index is 0.128. The molecule has 0 radical (unpaired) electrons. The maximum Gasteiger partial charge on any atom is 0.179 e. The van der Waals surface area contributed by atoms with Crippen LogP contribution in [0.3, 0.4) is 0 Å². The van der Waals surface area contributed by atoms with Gasteiger partial charge in [0.15, 0.2) is 5.82 Å². The van der Waals surface area contributed by atoms with Gasteiger partial charge in [-0.1, -0.05) is 11.6 Å². The molecule has 102 valence electrons. The van der Waals surface area contributed by atoms with Crippen LogP contribution in [0.25, 0.3) is 17.2 Å². The molecule has 0 atom stereocenters. The average molecular weight is 289 g/mol. The zero-order chi connectivity index (χ0) is 14.1. The summed E-state index contributed by atoms with van der Waals surface area (Å²) in [6.07, 6.45) is 5.36. The molecule has 0 saturated carbocycles. The monoisotopic (exact) mass is 288 g/mol. The normalized spacial score (nSPS) is 11.2. The van der Waals surface area contributed by atoms with Crippen molar-refractivity contribution in [3.63, 3.8) is 0 Å². The Labute approximate surface area is 121 Å². The fourth-order valence-electron chi connectivity index (χ4n) is 1.93. The van der Waals surface area contributed by atoms with Crippen LogP contribution in [0.2, 0.25) is 5.15 Å². The lowest BCUT2D eigenvalue weighted by molar-refractivity contribution is 0.242. The molecular weight excluding hydrogens is 276 g/mol. The Morgan fingerprint density at radius 1 is 1.25 bits per heavy atom. The van der Waals surface area contributed by atoms with Crippen LogP contribution in [-0.2, 0) is 0 Å². The lowest BCUT2D eigenvalue weighted by atomic mass is 10.4. The summed E-state index contributed by atoms with van der Waals surface area (Å²) in [6, 6.07) is 5.42. The predicted octanol–water partition coefficient (Wildman–Crippen LogP) is 3.23. The van der Waals surface area contributed by atoms with Gasteiger partial charge in [-0.05, 0) is 26.0 Å². The third-order valence-electron chi connectivity index (χ3n) is 2.71. The number of hydrogen-bond acceptors (Lipinski definition) is 4. The standard InChI is InChI=1S/C14H13ClN4O/c1-9(2)20-10-4-6-19-11(8-17-13(19)7-10)14-16-5-3-12(15)18-14/h3-9H,1-2H3. The number of imidazole rings is 1. The molecule has 0 aliphatic heterocycles. The highest BCUT2D eigenvalue weighted by atomic mass is 35.5. The van der Waals surface area contributed by atoms with Crippen LogP contribution < -0.4 is 4.74 Å². The number of halogens is 1. The molecule has 0 amide bonds. The molecule has 5 nitrogen and oxygen atoms in total. The van der Waals surface area contributed by atoms with E-state index < -0.39 is 0 Å². The molecule has 3 heterocycles. The van der Waals surface area contributed by atoms with Gasteiger partial charge in [0, 0.05) is 18.5 Å². The summed E-state index contributed by atoms with van der Waals surface area (Å²) in [6.45, 7) is 3.97. The fourth-order valence-corrected chi connectivity index (χ4v) is 2.07. The molecule has 0 aliphatic carbocycles. The zero-order valence-corrected chi connectivity index (χ0v) is 11.9.